The van der Waals surface area contributed by atoms with Gasteiger partial charge in [0.15, 0.2) is 0 Å². The van der Waals surface area contributed by atoms with Gasteiger partial charge in [-0.05, 0) is 44.6 Å². The van der Waals surface area contributed by atoms with E-state index in [1.54, 1.807) is 6.07 Å². The van der Waals surface area contributed by atoms with Gasteiger partial charge in [-0.25, -0.2) is 13.8 Å². The zero-order valence-corrected chi connectivity index (χ0v) is 9.80. The minimum absolute atomic E-state index is 0.00269. The molecule has 0 fully saturated rings. The van der Waals surface area contributed by atoms with E-state index in [2.05, 4.69) is 20.9 Å². The SMILES string of the molecule is N#Cc1cc(I)c(Br)c(C(F)F)n1. The van der Waals surface area contributed by atoms with Crippen molar-refractivity contribution in [3.05, 3.63) is 25.5 Å². The van der Waals surface area contributed by atoms with Crippen molar-refractivity contribution >= 4 is 38.5 Å². The summed E-state index contributed by atoms with van der Waals surface area (Å²) >= 11 is 4.85. The molecule has 0 atom stereocenters. The number of nitrogens with zero attached hydrogens (tertiary/aromatic N) is 2. The van der Waals surface area contributed by atoms with Crippen LogP contribution < -0.4 is 0 Å². The van der Waals surface area contributed by atoms with Crippen LogP contribution >= 0.6 is 38.5 Å². The third-order valence-electron chi connectivity index (χ3n) is 1.26. The zero-order chi connectivity index (χ0) is 10.0. The Hall–Kier alpha value is -0.290. The maximum Gasteiger partial charge on any atom is 0.281 e. The van der Waals surface area contributed by atoms with Crippen molar-refractivity contribution < 1.29 is 8.78 Å². The van der Waals surface area contributed by atoms with Crippen LogP contribution in [0.5, 0.6) is 0 Å². The Kier molecular flexibility index (Phi) is 3.55. The molecule has 0 amide bonds. The highest BCUT2D eigenvalue weighted by Gasteiger charge is 2.16. The molecule has 0 N–H and O–H groups in total. The van der Waals surface area contributed by atoms with Crippen LogP contribution in [0, 0.1) is 14.9 Å². The standard InChI is InChI=1S/C7H2BrF2IN2/c8-5-4(11)1-3(2-12)13-6(5)7(9)10/h1,7H. The number of aromatic nitrogens is 1. The van der Waals surface area contributed by atoms with Gasteiger partial charge < -0.3 is 0 Å². The molecule has 2 nitrogen and oxygen atoms in total. The summed E-state index contributed by atoms with van der Waals surface area (Å²) in [7, 11) is 0. The predicted octanol–water partition coefficient (Wildman–Crippen LogP) is 3.26. The second-order valence-electron chi connectivity index (χ2n) is 2.10. The van der Waals surface area contributed by atoms with Crippen LogP contribution in [0.1, 0.15) is 17.8 Å². The lowest BCUT2D eigenvalue weighted by atomic mass is 10.3. The second kappa shape index (κ2) is 4.28. The summed E-state index contributed by atoms with van der Waals surface area (Å²) in [5, 5.41) is 8.48. The monoisotopic (exact) mass is 358 g/mol. The van der Waals surface area contributed by atoms with Gasteiger partial charge in [0.05, 0.1) is 4.47 Å². The first-order valence-electron chi connectivity index (χ1n) is 3.10. The summed E-state index contributed by atoms with van der Waals surface area (Å²) in [5.74, 6) is 0. The van der Waals surface area contributed by atoms with Crippen molar-refractivity contribution in [3.63, 3.8) is 0 Å². The van der Waals surface area contributed by atoms with E-state index in [0.29, 0.717) is 3.57 Å². The van der Waals surface area contributed by atoms with Gasteiger partial charge in [0.2, 0.25) is 0 Å². The van der Waals surface area contributed by atoms with Crippen LogP contribution in [0.15, 0.2) is 10.5 Å². The van der Waals surface area contributed by atoms with E-state index in [1.807, 2.05) is 22.6 Å². The first kappa shape index (κ1) is 10.8. The number of rotatable bonds is 1. The van der Waals surface area contributed by atoms with Crippen molar-refractivity contribution in [2.45, 2.75) is 6.43 Å². The van der Waals surface area contributed by atoms with E-state index < -0.39 is 6.43 Å². The highest BCUT2D eigenvalue weighted by atomic mass is 127. The molecule has 0 spiro atoms. The largest absolute Gasteiger partial charge is 0.281 e. The van der Waals surface area contributed by atoms with E-state index in [1.165, 1.54) is 6.07 Å². The number of halogens is 4. The van der Waals surface area contributed by atoms with Gasteiger partial charge in [0.25, 0.3) is 6.43 Å². The Bertz CT molecular complexity index is 375. The summed E-state index contributed by atoms with van der Waals surface area (Å²) in [6.07, 6.45) is -2.67. The van der Waals surface area contributed by atoms with E-state index in [4.69, 9.17) is 5.26 Å². The molecule has 0 aliphatic carbocycles. The smallest absolute Gasteiger partial charge is 0.235 e. The summed E-state index contributed by atoms with van der Waals surface area (Å²) in [5.41, 5.74) is -0.383. The molecule has 0 unspecified atom stereocenters. The van der Waals surface area contributed by atoms with E-state index in [0.717, 1.165) is 0 Å². The van der Waals surface area contributed by atoms with Gasteiger partial charge in [-0.15, -0.1) is 0 Å². The summed E-state index contributed by atoms with van der Waals surface area (Å²) < 4.78 is 25.4. The Labute approximate surface area is 95.2 Å². The lowest BCUT2D eigenvalue weighted by Crippen LogP contribution is -1.97. The van der Waals surface area contributed by atoms with Crippen molar-refractivity contribution in [3.8, 4) is 6.07 Å². The molecule has 1 heterocycles. The lowest BCUT2D eigenvalue weighted by molar-refractivity contribution is 0.145. The molecule has 0 radical (unpaired) electrons. The molecule has 68 valence electrons. The average molecular weight is 359 g/mol. The predicted molar refractivity (Wildman–Crippen MR) is 54.3 cm³/mol. The molecule has 0 saturated heterocycles. The fourth-order valence-corrected chi connectivity index (χ4v) is 1.67. The van der Waals surface area contributed by atoms with Crippen molar-refractivity contribution in [2.75, 3.05) is 0 Å². The van der Waals surface area contributed by atoms with Gasteiger partial charge in [0.1, 0.15) is 17.5 Å². The Balaban J connectivity index is 3.35. The van der Waals surface area contributed by atoms with Crippen LogP contribution in [0.4, 0.5) is 8.78 Å². The molecule has 0 aliphatic heterocycles. The van der Waals surface area contributed by atoms with Crippen molar-refractivity contribution in [1.82, 2.24) is 4.98 Å². The van der Waals surface area contributed by atoms with Crippen LogP contribution in [-0.2, 0) is 0 Å². The first-order chi connectivity index (χ1) is 6.06. The maximum atomic E-state index is 12.3. The minimum atomic E-state index is -2.67. The molecule has 0 aliphatic rings. The fraction of sp³-hybridized carbons (Fsp3) is 0.143. The van der Waals surface area contributed by atoms with E-state index in [-0.39, 0.29) is 15.9 Å². The molecule has 13 heavy (non-hydrogen) atoms. The van der Waals surface area contributed by atoms with E-state index >= 15 is 0 Å². The molecule has 0 saturated carbocycles. The molecule has 1 rings (SSSR count). The molecule has 0 bridgehead atoms. The van der Waals surface area contributed by atoms with Gasteiger partial charge in [0, 0.05) is 3.57 Å². The highest BCUT2D eigenvalue weighted by molar-refractivity contribution is 14.1. The number of pyridine rings is 1. The number of hydrogen-bond donors (Lipinski definition) is 0. The third kappa shape index (κ3) is 2.34. The second-order valence-corrected chi connectivity index (χ2v) is 4.06. The highest BCUT2D eigenvalue weighted by Crippen LogP contribution is 2.29. The minimum Gasteiger partial charge on any atom is -0.235 e. The van der Waals surface area contributed by atoms with Crippen molar-refractivity contribution in [2.24, 2.45) is 0 Å². The Morgan fingerprint density at radius 3 is 2.69 bits per heavy atom. The summed E-state index contributed by atoms with van der Waals surface area (Å²) in [6, 6.07) is 3.16. The van der Waals surface area contributed by atoms with Crippen LogP contribution in [0.2, 0.25) is 0 Å². The zero-order valence-electron chi connectivity index (χ0n) is 6.06. The fourth-order valence-electron chi connectivity index (χ4n) is 0.719. The molecular weight excluding hydrogens is 357 g/mol. The molecule has 1 aromatic heterocycles. The van der Waals surface area contributed by atoms with Gasteiger partial charge in [-0.3, -0.25) is 0 Å². The third-order valence-corrected chi connectivity index (χ3v) is 3.69. The molecular formula is C7H2BrF2IN2. The van der Waals surface area contributed by atoms with E-state index in [9.17, 15) is 8.78 Å². The van der Waals surface area contributed by atoms with Crippen molar-refractivity contribution in [1.29, 1.82) is 5.26 Å². The Morgan fingerprint density at radius 1 is 1.62 bits per heavy atom. The number of nitriles is 1. The first-order valence-corrected chi connectivity index (χ1v) is 4.97. The van der Waals surface area contributed by atoms with Gasteiger partial charge >= 0.3 is 0 Å². The summed E-state index contributed by atoms with van der Waals surface area (Å²) in [6.45, 7) is 0. The van der Waals surface area contributed by atoms with Gasteiger partial charge in [-0.1, -0.05) is 0 Å². The van der Waals surface area contributed by atoms with Gasteiger partial charge in [-0.2, -0.15) is 5.26 Å². The normalized spacial score (nSPS) is 10.2. The van der Waals surface area contributed by atoms with Crippen LogP contribution in [0.3, 0.4) is 0 Å². The van der Waals surface area contributed by atoms with Crippen LogP contribution in [0.25, 0.3) is 0 Å². The maximum absolute atomic E-state index is 12.3. The quantitative estimate of drug-likeness (QED) is 0.722. The molecule has 6 heteroatoms. The molecule has 0 aromatic carbocycles. The number of alkyl halides is 2. The lowest BCUT2D eigenvalue weighted by Gasteiger charge is -2.04. The Morgan fingerprint density at radius 2 is 2.23 bits per heavy atom. The summed E-state index contributed by atoms with van der Waals surface area (Å²) in [4.78, 5) is 3.49. The average Bonchev–Trinajstić information content (AvgIpc) is 2.09. The molecule has 1 aromatic rings. The topological polar surface area (TPSA) is 36.7 Å². The number of hydrogen-bond acceptors (Lipinski definition) is 2. The van der Waals surface area contributed by atoms with Crippen LogP contribution in [-0.4, -0.2) is 4.98 Å².